The maximum atomic E-state index is 13.0. The van der Waals surface area contributed by atoms with E-state index in [1.165, 1.54) is 22.0 Å². The Morgan fingerprint density at radius 2 is 1.88 bits per heavy atom. The fraction of sp³-hybridized carbons (Fsp3) is 0.500. The molecule has 2 unspecified atom stereocenters. The number of nitrogens with zero attached hydrogens (tertiary/aromatic N) is 4. The van der Waals surface area contributed by atoms with Crippen molar-refractivity contribution in [2.45, 2.75) is 49.2 Å². The summed E-state index contributed by atoms with van der Waals surface area (Å²) in [6.45, 7) is 5.45. The Bertz CT molecular complexity index is 781. The van der Waals surface area contributed by atoms with Crippen LogP contribution >= 0.6 is 11.8 Å². The van der Waals surface area contributed by atoms with E-state index in [0.717, 1.165) is 31.5 Å². The zero-order chi connectivity index (χ0) is 17.6. The molecule has 0 radical (unpaired) electrons. The summed E-state index contributed by atoms with van der Waals surface area (Å²) in [5, 5.41) is 14.5. The fourth-order valence-electron chi connectivity index (χ4n) is 3.60. The summed E-state index contributed by atoms with van der Waals surface area (Å²) in [6, 6.07) is 8.37. The molecule has 2 aliphatic rings. The second kappa shape index (κ2) is 6.55. The van der Waals surface area contributed by atoms with Crippen molar-refractivity contribution >= 4 is 17.7 Å². The lowest BCUT2D eigenvalue weighted by molar-refractivity contribution is 0.0551. The van der Waals surface area contributed by atoms with Gasteiger partial charge in [-0.15, -0.1) is 5.10 Å². The minimum Gasteiger partial charge on any atom is -0.393 e. The van der Waals surface area contributed by atoms with Crippen LogP contribution in [0.15, 0.2) is 29.4 Å². The number of thioether (sulfide) groups is 1. The Labute approximate surface area is 151 Å². The second-order valence-electron chi connectivity index (χ2n) is 6.85. The molecule has 0 bridgehead atoms. The van der Waals surface area contributed by atoms with Crippen LogP contribution in [-0.4, -0.2) is 55.1 Å². The van der Waals surface area contributed by atoms with E-state index in [1.807, 2.05) is 0 Å². The molecule has 0 aliphatic carbocycles. The van der Waals surface area contributed by atoms with E-state index in [9.17, 15) is 9.90 Å². The molecule has 1 fully saturated rings. The molecule has 1 aromatic carbocycles. The van der Waals surface area contributed by atoms with Gasteiger partial charge in [-0.05, 0) is 32.3 Å². The van der Waals surface area contributed by atoms with Crippen molar-refractivity contribution in [1.82, 2.24) is 19.7 Å². The van der Waals surface area contributed by atoms with Crippen LogP contribution in [0.2, 0.25) is 0 Å². The molecular weight excluding hydrogens is 336 g/mol. The van der Waals surface area contributed by atoms with Crippen molar-refractivity contribution in [3.05, 3.63) is 41.2 Å². The molecule has 0 saturated carbocycles. The minimum absolute atomic E-state index is 0.00250. The third-order valence-electron chi connectivity index (χ3n) is 4.97. The first-order valence-electron chi connectivity index (χ1n) is 8.66. The number of benzene rings is 1. The number of likely N-dealkylation sites (tertiary alicyclic amines) is 1. The first-order valence-corrected chi connectivity index (χ1v) is 9.54. The molecule has 2 atom stereocenters. The van der Waals surface area contributed by atoms with E-state index < -0.39 is 0 Å². The summed E-state index contributed by atoms with van der Waals surface area (Å²) in [7, 11) is 0. The van der Waals surface area contributed by atoms with Crippen molar-refractivity contribution in [3.63, 3.8) is 0 Å². The van der Waals surface area contributed by atoms with Gasteiger partial charge < -0.3 is 5.11 Å². The number of aliphatic hydroxyl groups excluding tert-OH is 1. The quantitative estimate of drug-likeness (QED) is 0.907. The Kier molecular flexibility index (Phi) is 4.39. The predicted molar refractivity (Wildman–Crippen MR) is 95.8 cm³/mol. The largest absolute Gasteiger partial charge is 0.393 e. The number of aryl methyl sites for hydroxylation is 2. The van der Waals surface area contributed by atoms with Crippen LogP contribution < -0.4 is 0 Å². The van der Waals surface area contributed by atoms with E-state index in [2.05, 4.69) is 46.2 Å². The summed E-state index contributed by atoms with van der Waals surface area (Å²) < 4.78 is 1.45. The van der Waals surface area contributed by atoms with Gasteiger partial charge in [0.2, 0.25) is 0 Å². The molecule has 0 spiro atoms. The number of fused-ring (bicyclic) bond motifs is 1. The third kappa shape index (κ3) is 3.12. The van der Waals surface area contributed by atoms with E-state index >= 15 is 0 Å². The second-order valence-corrected chi connectivity index (χ2v) is 7.96. The van der Waals surface area contributed by atoms with Gasteiger partial charge in [0.15, 0.2) is 5.16 Å². The molecule has 2 aromatic rings. The zero-order valence-electron chi connectivity index (χ0n) is 14.4. The Morgan fingerprint density at radius 3 is 2.52 bits per heavy atom. The zero-order valence-corrected chi connectivity index (χ0v) is 15.2. The molecule has 6 nitrogen and oxygen atoms in total. The third-order valence-corrected chi connectivity index (χ3v) is 6.15. The van der Waals surface area contributed by atoms with Gasteiger partial charge in [-0.2, -0.15) is 4.68 Å². The number of carbonyl (C=O) groups is 1. The SMILES string of the molecule is Cc1ccc(C(C2Sc3nc(C)nn3C2=O)N2CCC(O)CC2)cc1. The lowest BCUT2D eigenvalue weighted by atomic mass is 9.96. The van der Waals surface area contributed by atoms with E-state index in [-0.39, 0.29) is 23.3 Å². The van der Waals surface area contributed by atoms with E-state index in [4.69, 9.17) is 0 Å². The molecule has 1 N–H and O–H groups in total. The smallest absolute Gasteiger partial charge is 0.264 e. The summed E-state index contributed by atoms with van der Waals surface area (Å²) in [4.78, 5) is 19.7. The van der Waals surface area contributed by atoms with Crippen LogP contribution in [0.1, 0.15) is 40.6 Å². The van der Waals surface area contributed by atoms with Gasteiger partial charge in [0.1, 0.15) is 11.1 Å². The molecule has 132 valence electrons. The highest BCUT2D eigenvalue weighted by atomic mass is 32.2. The normalized spacial score (nSPS) is 23.0. The molecule has 25 heavy (non-hydrogen) atoms. The summed E-state index contributed by atoms with van der Waals surface area (Å²) >= 11 is 1.50. The van der Waals surface area contributed by atoms with Crippen LogP contribution in [0.3, 0.4) is 0 Å². The fourth-order valence-corrected chi connectivity index (χ4v) is 4.91. The summed E-state index contributed by atoms with van der Waals surface area (Å²) in [5.41, 5.74) is 2.34. The molecule has 2 aliphatic heterocycles. The van der Waals surface area contributed by atoms with Crippen molar-refractivity contribution in [2.75, 3.05) is 13.1 Å². The van der Waals surface area contributed by atoms with Crippen molar-refractivity contribution in [1.29, 1.82) is 0 Å². The number of aromatic nitrogens is 3. The molecule has 0 amide bonds. The molecular formula is C18H22N4O2S. The van der Waals surface area contributed by atoms with Gasteiger partial charge in [0.05, 0.1) is 12.1 Å². The Morgan fingerprint density at radius 1 is 1.20 bits per heavy atom. The number of aliphatic hydroxyl groups is 1. The molecule has 3 heterocycles. The monoisotopic (exact) mass is 358 g/mol. The van der Waals surface area contributed by atoms with Gasteiger partial charge >= 0.3 is 0 Å². The van der Waals surface area contributed by atoms with Crippen LogP contribution in [-0.2, 0) is 0 Å². The first-order chi connectivity index (χ1) is 12.0. The molecule has 4 rings (SSSR count). The summed E-state index contributed by atoms with van der Waals surface area (Å²) in [5.74, 6) is 0.625. The van der Waals surface area contributed by atoms with Gasteiger partial charge in [0, 0.05) is 13.1 Å². The van der Waals surface area contributed by atoms with Gasteiger partial charge in [-0.3, -0.25) is 9.69 Å². The number of carbonyl (C=O) groups excluding carboxylic acids is 1. The van der Waals surface area contributed by atoms with Crippen LogP contribution in [0, 0.1) is 13.8 Å². The van der Waals surface area contributed by atoms with Crippen LogP contribution in [0.25, 0.3) is 0 Å². The van der Waals surface area contributed by atoms with Crippen LogP contribution in [0.5, 0.6) is 0 Å². The first kappa shape index (κ1) is 16.8. The topological polar surface area (TPSA) is 71.2 Å². The highest BCUT2D eigenvalue weighted by Gasteiger charge is 2.43. The molecule has 1 aromatic heterocycles. The highest BCUT2D eigenvalue weighted by Crippen LogP contribution is 2.41. The molecule has 7 heteroatoms. The lowest BCUT2D eigenvalue weighted by Crippen LogP contribution is -2.44. The van der Waals surface area contributed by atoms with E-state index in [1.54, 1.807) is 6.92 Å². The van der Waals surface area contributed by atoms with Crippen molar-refractivity contribution in [3.8, 4) is 0 Å². The number of hydrogen-bond acceptors (Lipinski definition) is 6. The predicted octanol–water partition coefficient (Wildman–Crippen LogP) is 2.21. The average molecular weight is 358 g/mol. The minimum atomic E-state index is -0.256. The van der Waals surface area contributed by atoms with E-state index in [0.29, 0.717) is 11.0 Å². The lowest BCUT2D eigenvalue weighted by Gasteiger charge is -2.38. The number of hydrogen-bond donors (Lipinski definition) is 1. The standard InChI is InChI=1S/C18H22N4O2S/c1-11-3-5-13(6-4-11)15(21-9-7-14(23)8-10-21)16-17(24)22-18(25-16)19-12(2)20-22/h3-6,14-16,23H,7-10H2,1-2H3. The average Bonchev–Trinajstić information content (AvgIpc) is 3.09. The maximum Gasteiger partial charge on any atom is 0.264 e. The summed E-state index contributed by atoms with van der Waals surface area (Å²) in [6.07, 6.45) is 1.26. The Balaban J connectivity index is 1.67. The number of rotatable bonds is 3. The van der Waals surface area contributed by atoms with Gasteiger partial charge in [-0.25, -0.2) is 4.98 Å². The Hall–Kier alpha value is -1.70. The highest BCUT2D eigenvalue weighted by molar-refractivity contribution is 8.00. The van der Waals surface area contributed by atoms with Gasteiger partial charge in [0.25, 0.3) is 5.91 Å². The van der Waals surface area contributed by atoms with Crippen LogP contribution in [0.4, 0.5) is 0 Å². The number of piperidine rings is 1. The van der Waals surface area contributed by atoms with Gasteiger partial charge in [-0.1, -0.05) is 41.6 Å². The van der Waals surface area contributed by atoms with Crippen molar-refractivity contribution < 1.29 is 9.90 Å². The molecule has 1 saturated heterocycles. The van der Waals surface area contributed by atoms with Crippen molar-refractivity contribution in [2.24, 2.45) is 0 Å². The maximum absolute atomic E-state index is 13.0.